The van der Waals surface area contributed by atoms with Crippen molar-refractivity contribution in [2.24, 2.45) is 7.05 Å². The van der Waals surface area contributed by atoms with Gasteiger partial charge in [-0.05, 0) is 18.6 Å². The number of amides is 2. The molecule has 0 saturated heterocycles. The van der Waals surface area contributed by atoms with Crippen LogP contribution in [0.1, 0.15) is 18.5 Å². The first-order valence-electron chi connectivity index (χ1n) is 5.88. The molecule has 100 valence electrons. The molecule has 1 aromatic heterocycles. The van der Waals surface area contributed by atoms with Gasteiger partial charge in [-0.3, -0.25) is 10.00 Å². The molecule has 0 bridgehead atoms. The van der Waals surface area contributed by atoms with E-state index in [1.165, 1.54) is 0 Å². The van der Waals surface area contributed by atoms with Crippen molar-refractivity contribution in [2.75, 3.05) is 5.32 Å². The molecule has 5 nitrogen and oxygen atoms in total. The second kappa shape index (κ2) is 5.75. The zero-order chi connectivity index (χ0) is 13.8. The third-order valence-corrected chi connectivity index (χ3v) is 3.02. The van der Waals surface area contributed by atoms with E-state index in [0.717, 1.165) is 5.56 Å². The highest BCUT2D eigenvalue weighted by molar-refractivity contribution is 6.31. The predicted octanol–water partition coefficient (Wildman–Crippen LogP) is 2.96. The number of hydrogen-bond acceptors (Lipinski definition) is 2. The molecule has 0 aliphatic carbocycles. The van der Waals surface area contributed by atoms with Gasteiger partial charge in [0, 0.05) is 24.3 Å². The molecule has 0 spiro atoms. The van der Waals surface area contributed by atoms with E-state index in [1.807, 2.05) is 25.1 Å². The van der Waals surface area contributed by atoms with E-state index in [4.69, 9.17) is 11.6 Å². The Hall–Kier alpha value is -2.01. The quantitative estimate of drug-likeness (QED) is 0.907. The fourth-order valence-electron chi connectivity index (χ4n) is 1.73. The molecule has 1 heterocycles. The Morgan fingerprint density at radius 1 is 1.37 bits per heavy atom. The molecule has 1 unspecified atom stereocenters. The van der Waals surface area contributed by atoms with E-state index in [-0.39, 0.29) is 12.1 Å². The van der Waals surface area contributed by atoms with Gasteiger partial charge in [0.2, 0.25) is 0 Å². The van der Waals surface area contributed by atoms with Crippen LogP contribution in [0, 0.1) is 0 Å². The van der Waals surface area contributed by atoms with Crippen molar-refractivity contribution in [1.29, 1.82) is 0 Å². The van der Waals surface area contributed by atoms with Crippen LogP contribution in [0.15, 0.2) is 36.5 Å². The lowest BCUT2D eigenvalue weighted by Crippen LogP contribution is -2.31. The second-order valence-corrected chi connectivity index (χ2v) is 4.62. The highest BCUT2D eigenvalue weighted by Gasteiger charge is 2.12. The number of rotatable bonds is 3. The minimum atomic E-state index is -0.314. The number of anilines is 1. The van der Waals surface area contributed by atoms with Crippen molar-refractivity contribution in [3.05, 3.63) is 47.1 Å². The normalized spacial score (nSPS) is 11.9. The van der Waals surface area contributed by atoms with E-state index >= 15 is 0 Å². The Morgan fingerprint density at radius 2 is 2.11 bits per heavy atom. The fraction of sp³-hybridized carbons (Fsp3) is 0.231. The van der Waals surface area contributed by atoms with E-state index in [2.05, 4.69) is 15.7 Å². The van der Waals surface area contributed by atoms with E-state index < -0.39 is 0 Å². The third kappa shape index (κ3) is 3.48. The molecule has 2 rings (SSSR count). The van der Waals surface area contributed by atoms with Gasteiger partial charge < -0.3 is 5.32 Å². The summed E-state index contributed by atoms with van der Waals surface area (Å²) in [6.45, 7) is 1.87. The first-order chi connectivity index (χ1) is 9.06. The number of halogens is 1. The predicted molar refractivity (Wildman–Crippen MR) is 75.2 cm³/mol. The summed E-state index contributed by atoms with van der Waals surface area (Å²) in [5.41, 5.74) is 0.875. The molecule has 0 aliphatic heterocycles. The lowest BCUT2D eigenvalue weighted by atomic mass is 10.1. The Morgan fingerprint density at radius 3 is 2.74 bits per heavy atom. The third-order valence-electron chi connectivity index (χ3n) is 2.67. The number of carbonyl (C=O) groups excluding carboxylic acids is 1. The number of aryl methyl sites for hydroxylation is 1. The van der Waals surface area contributed by atoms with Gasteiger partial charge in [-0.1, -0.05) is 29.8 Å². The highest BCUT2D eigenvalue weighted by Crippen LogP contribution is 2.22. The topological polar surface area (TPSA) is 59.0 Å². The van der Waals surface area contributed by atoms with Crippen LogP contribution in [0.4, 0.5) is 10.6 Å². The zero-order valence-corrected chi connectivity index (χ0v) is 11.5. The number of benzene rings is 1. The molecule has 0 saturated carbocycles. The SMILES string of the molecule is CC(NC(=O)Nc1ccn(C)n1)c1ccccc1Cl. The number of carbonyl (C=O) groups is 1. The van der Waals surface area contributed by atoms with Crippen LogP contribution in [0.3, 0.4) is 0 Å². The monoisotopic (exact) mass is 278 g/mol. The molecular formula is C13H15ClN4O. The summed E-state index contributed by atoms with van der Waals surface area (Å²) in [7, 11) is 1.79. The van der Waals surface area contributed by atoms with Crippen LogP contribution in [0.2, 0.25) is 5.02 Å². The van der Waals surface area contributed by atoms with Crippen molar-refractivity contribution in [3.63, 3.8) is 0 Å². The average molecular weight is 279 g/mol. The largest absolute Gasteiger partial charge is 0.331 e. The Labute approximate surface area is 116 Å². The molecule has 6 heteroatoms. The molecule has 2 aromatic rings. The number of nitrogens with zero attached hydrogens (tertiary/aromatic N) is 2. The zero-order valence-electron chi connectivity index (χ0n) is 10.7. The van der Waals surface area contributed by atoms with Gasteiger partial charge in [0.25, 0.3) is 0 Å². The van der Waals surface area contributed by atoms with Crippen molar-refractivity contribution in [3.8, 4) is 0 Å². The highest BCUT2D eigenvalue weighted by atomic mass is 35.5. The fourth-order valence-corrected chi connectivity index (χ4v) is 2.03. The molecule has 0 radical (unpaired) electrons. The molecule has 1 atom stereocenters. The summed E-state index contributed by atoms with van der Waals surface area (Å²) in [5.74, 6) is 0.506. The van der Waals surface area contributed by atoms with Gasteiger partial charge in [0.1, 0.15) is 0 Å². The molecular weight excluding hydrogens is 264 g/mol. The van der Waals surface area contributed by atoms with Crippen LogP contribution in [-0.4, -0.2) is 15.8 Å². The van der Waals surface area contributed by atoms with Crippen molar-refractivity contribution < 1.29 is 4.79 Å². The number of aromatic nitrogens is 2. The van der Waals surface area contributed by atoms with Crippen LogP contribution in [0.5, 0.6) is 0 Å². The van der Waals surface area contributed by atoms with Gasteiger partial charge in [-0.25, -0.2) is 4.79 Å². The second-order valence-electron chi connectivity index (χ2n) is 4.22. The Kier molecular flexibility index (Phi) is 4.06. The first kappa shape index (κ1) is 13.4. The van der Waals surface area contributed by atoms with Crippen molar-refractivity contribution in [1.82, 2.24) is 15.1 Å². The minimum Gasteiger partial charge on any atom is -0.331 e. The van der Waals surface area contributed by atoms with Crippen molar-refractivity contribution in [2.45, 2.75) is 13.0 Å². The molecule has 2 amide bonds. The molecule has 1 aromatic carbocycles. The van der Waals surface area contributed by atoms with Gasteiger partial charge >= 0.3 is 6.03 Å². The smallest absolute Gasteiger partial charge is 0.320 e. The van der Waals surface area contributed by atoms with Gasteiger partial charge in [0.15, 0.2) is 5.82 Å². The summed E-state index contributed by atoms with van der Waals surface area (Å²) in [5, 5.41) is 10.2. The summed E-state index contributed by atoms with van der Waals surface area (Å²) in [6, 6.07) is 8.64. The standard InChI is InChI=1S/C13H15ClN4O/c1-9(10-5-3-4-6-11(10)14)15-13(19)16-12-7-8-18(2)17-12/h3-9H,1-2H3,(H2,15,16,17,19). The molecule has 19 heavy (non-hydrogen) atoms. The van der Waals surface area contributed by atoms with E-state index in [9.17, 15) is 4.79 Å². The number of urea groups is 1. The molecule has 2 N–H and O–H groups in total. The number of nitrogens with one attached hydrogen (secondary N) is 2. The first-order valence-corrected chi connectivity index (χ1v) is 6.25. The van der Waals surface area contributed by atoms with Crippen LogP contribution >= 0.6 is 11.6 Å². The van der Waals surface area contributed by atoms with Crippen molar-refractivity contribution >= 4 is 23.4 Å². The van der Waals surface area contributed by atoms with Crippen LogP contribution in [-0.2, 0) is 7.05 Å². The lowest BCUT2D eigenvalue weighted by Gasteiger charge is -2.15. The van der Waals surface area contributed by atoms with E-state index in [0.29, 0.717) is 10.8 Å². The maximum Gasteiger partial charge on any atom is 0.320 e. The summed E-state index contributed by atoms with van der Waals surface area (Å²) in [6.07, 6.45) is 1.76. The molecule has 0 aliphatic rings. The molecule has 0 fully saturated rings. The summed E-state index contributed by atoms with van der Waals surface area (Å²) >= 11 is 6.08. The number of hydrogen-bond donors (Lipinski definition) is 2. The Balaban J connectivity index is 1.97. The lowest BCUT2D eigenvalue weighted by molar-refractivity contribution is 0.249. The minimum absolute atomic E-state index is 0.183. The average Bonchev–Trinajstić information content (AvgIpc) is 2.74. The maximum atomic E-state index is 11.8. The summed E-state index contributed by atoms with van der Waals surface area (Å²) < 4.78 is 1.62. The van der Waals surface area contributed by atoms with Gasteiger partial charge in [-0.15, -0.1) is 0 Å². The van der Waals surface area contributed by atoms with Crippen LogP contribution in [0.25, 0.3) is 0 Å². The van der Waals surface area contributed by atoms with E-state index in [1.54, 1.807) is 30.1 Å². The van der Waals surface area contributed by atoms with Gasteiger partial charge in [0.05, 0.1) is 6.04 Å². The maximum absolute atomic E-state index is 11.8. The Bertz CT molecular complexity index is 582. The summed E-state index contributed by atoms with van der Waals surface area (Å²) in [4.78, 5) is 11.8. The van der Waals surface area contributed by atoms with Gasteiger partial charge in [-0.2, -0.15) is 5.10 Å². The van der Waals surface area contributed by atoms with Crippen LogP contribution < -0.4 is 10.6 Å².